The average Bonchev–Trinajstić information content (AvgIpc) is 3.21. The minimum atomic E-state index is -0.651. The third-order valence-electron chi connectivity index (χ3n) is 4.49. The molecule has 0 bridgehead atoms. The number of esters is 1. The van der Waals surface area contributed by atoms with Gasteiger partial charge in [0.15, 0.2) is 0 Å². The summed E-state index contributed by atoms with van der Waals surface area (Å²) >= 11 is 1.19. The number of nitrogens with zero attached hydrogens (tertiary/aromatic N) is 3. The standard InChI is InChI=1S/C22H25N3O5S/c1-14-16(21(25(2)24-14)30-12-8-11-28-3)13-17-19(26)18(22(27)29-4)20(31-17)23-15-9-6-5-7-10-15/h5-7,9-10,13,26H,8,11-12H2,1-4H3/b17-13-,23-20?. The number of para-hydroxylation sites is 1. The normalized spacial score (nSPS) is 16.4. The molecule has 1 aliphatic heterocycles. The quantitative estimate of drug-likeness (QED) is 0.488. The Bertz CT molecular complexity index is 1040. The summed E-state index contributed by atoms with van der Waals surface area (Å²) in [5, 5.41) is 15.6. The molecule has 0 saturated heterocycles. The second-order valence-corrected chi connectivity index (χ2v) is 7.73. The van der Waals surface area contributed by atoms with Crippen molar-refractivity contribution in [2.75, 3.05) is 27.4 Å². The molecule has 1 N–H and O–H groups in total. The summed E-state index contributed by atoms with van der Waals surface area (Å²) in [5.74, 6) is -0.260. The molecule has 1 aromatic carbocycles. The van der Waals surface area contributed by atoms with Crippen LogP contribution < -0.4 is 4.74 Å². The van der Waals surface area contributed by atoms with E-state index in [-0.39, 0.29) is 11.3 Å². The molecule has 0 atom stereocenters. The highest BCUT2D eigenvalue weighted by atomic mass is 32.2. The molecule has 0 unspecified atom stereocenters. The molecule has 2 aromatic rings. The Balaban J connectivity index is 1.99. The van der Waals surface area contributed by atoms with Crippen LogP contribution in [-0.2, 0) is 21.3 Å². The van der Waals surface area contributed by atoms with E-state index in [0.29, 0.717) is 34.7 Å². The number of aryl methyl sites for hydroxylation is 2. The first-order chi connectivity index (χ1) is 15.0. The maximum absolute atomic E-state index is 12.3. The summed E-state index contributed by atoms with van der Waals surface area (Å²) in [6, 6.07) is 9.22. The summed E-state index contributed by atoms with van der Waals surface area (Å²) in [7, 11) is 4.70. The minimum Gasteiger partial charge on any atom is -0.506 e. The van der Waals surface area contributed by atoms with Gasteiger partial charge in [-0.25, -0.2) is 14.5 Å². The van der Waals surface area contributed by atoms with Crippen LogP contribution in [0, 0.1) is 6.92 Å². The molecule has 1 aliphatic rings. The van der Waals surface area contributed by atoms with Crippen LogP contribution in [0.2, 0.25) is 0 Å². The summed E-state index contributed by atoms with van der Waals surface area (Å²) in [4.78, 5) is 17.3. The number of hydrogen-bond donors (Lipinski definition) is 1. The van der Waals surface area contributed by atoms with Crippen LogP contribution in [0.3, 0.4) is 0 Å². The van der Waals surface area contributed by atoms with Crippen LogP contribution in [0.4, 0.5) is 5.69 Å². The fraction of sp³-hybridized carbons (Fsp3) is 0.318. The zero-order chi connectivity index (χ0) is 22.4. The average molecular weight is 444 g/mol. The fourth-order valence-electron chi connectivity index (χ4n) is 3.00. The number of thioether (sulfide) groups is 1. The van der Waals surface area contributed by atoms with Gasteiger partial charge in [0, 0.05) is 27.2 Å². The molecular weight excluding hydrogens is 418 g/mol. The van der Waals surface area contributed by atoms with Crippen LogP contribution in [0.5, 0.6) is 5.88 Å². The molecule has 0 spiro atoms. The Morgan fingerprint density at radius 2 is 2.00 bits per heavy atom. The molecule has 1 aromatic heterocycles. The third-order valence-corrected chi connectivity index (χ3v) is 5.51. The van der Waals surface area contributed by atoms with Gasteiger partial charge >= 0.3 is 5.97 Å². The van der Waals surface area contributed by atoms with E-state index >= 15 is 0 Å². The first-order valence-electron chi connectivity index (χ1n) is 9.67. The topological polar surface area (TPSA) is 95.2 Å². The van der Waals surface area contributed by atoms with Crippen LogP contribution >= 0.6 is 11.8 Å². The van der Waals surface area contributed by atoms with Gasteiger partial charge in [0.2, 0.25) is 5.88 Å². The molecule has 0 saturated carbocycles. The summed E-state index contributed by atoms with van der Waals surface area (Å²) < 4.78 is 17.5. The van der Waals surface area contributed by atoms with Gasteiger partial charge in [0.25, 0.3) is 0 Å². The number of rotatable bonds is 8. The lowest BCUT2D eigenvalue weighted by molar-refractivity contribution is -0.135. The van der Waals surface area contributed by atoms with E-state index in [4.69, 9.17) is 14.2 Å². The first-order valence-corrected chi connectivity index (χ1v) is 10.5. The zero-order valence-electron chi connectivity index (χ0n) is 17.9. The zero-order valence-corrected chi connectivity index (χ0v) is 18.7. The van der Waals surface area contributed by atoms with Gasteiger partial charge in [-0.2, -0.15) is 5.10 Å². The molecule has 0 amide bonds. The fourth-order valence-corrected chi connectivity index (χ4v) is 4.02. The van der Waals surface area contributed by atoms with Gasteiger partial charge in [0.1, 0.15) is 16.4 Å². The van der Waals surface area contributed by atoms with Crippen molar-refractivity contribution in [2.24, 2.45) is 12.0 Å². The van der Waals surface area contributed by atoms with E-state index < -0.39 is 5.97 Å². The molecule has 0 radical (unpaired) electrons. The van der Waals surface area contributed by atoms with E-state index in [1.165, 1.54) is 18.9 Å². The van der Waals surface area contributed by atoms with E-state index in [9.17, 15) is 9.90 Å². The van der Waals surface area contributed by atoms with Gasteiger partial charge in [-0.05, 0) is 25.1 Å². The van der Waals surface area contributed by atoms with E-state index in [2.05, 4.69) is 10.1 Å². The molecule has 164 valence electrons. The Labute approximate surface area is 185 Å². The maximum atomic E-state index is 12.3. The lowest BCUT2D eigenvalue weighted by atomic mass is 10.2. The van der Waals surface area contributed by atoms with Crippen molar-refractivity contribution in [1.82, 2.24) is 9.78 Å². The largest absolute Gasteiger partial charge is 0.506 e. The minimum absolute atomic E-state index is 0.0340. The van der Waals surface area contributed by atoms with Crippen molar-refractivity contribution >= 4 is 34.5 Å². The SMILES string of the molecule is COCCCOc1c(/C=C2\SC(=Nc3ccccc3)C(C(=O)OC)=C2O)c(C)nn1C. The van der Waals surface area contributed by atoms with E-state index in [0.717, 1.165) is 17.7 Å². The maximum Gasteiger partial charge on any atom is 0.344 e. The highest BCUT2D eigenvalue weighted by Crippen LogP contribution is 2.41. The Morgan fingerprint density at radius 1 is 1.26 bits per heavy atom. The highest BCUT2D eigenvalue weighted by Gasteiger charge is 2.33. The second-order valence-electron chi connectivity index (χ2n) is 6.70. The second kappa shape index (κ2) is 10.3. The summed E-state index contributed by atoms with van der Waals surface area (Å²) in [6.07, 6.45) is 2.49. The molecule has 31 heavy (non-hydrogen) atoms. The van der Waals surface area contributed by atoms with Crippen molar-refractivity contribution in [2.45, 2.75) is 13.3 Å². The number of methoxy groups -OCH3 is 2. The van der Waals surface area contributed by atoms with Crippen LogP contribution in [-0.4, -0.2) is 53.3 Å². The Hall–Kier alpha value is -3.04. The van der Waals surface area contributed by atoms with Crippen molar-refractivity contribution in [3.05, 3.63) is 57.8 Å². The number of aliphatic hydroxyl groups excluding tert-OH is 1. The van der Waals surface area contributed by atoms with Crippen molar-refractivity contribution in [3.63, 3.8) is 0 Å². The number of benzene rings is 1. The molecular formula is C22H25N3O5S. The first kappa shape index (κ1) is 22.6. The number of aliphatic imine (C=N–C) groups is 1. The number of aliphatic hydroxyl groups is 1. The van der Waals surface area contributed by atoms with E-state index in [1.807, 2.05) is 37.3 Å². The van der Waals surface area contributed by atoms with Gasteiger partial charge in [-0.15, -0.1) is 0 Å². The molecule has 0 aliphatic carbocycles. The van der Waals surface area contributed by atoms with Gasteiger partial charge in [0.05, 0.1) is 35.6 Å². The Kier molecular flexibility index (Phi) is 7.54. The molecule has 9 heteroatoms. The third kappa shape index (κ3) is 5.18. The van der Waals surface area contributed by atoms with Gasteiger partial charge < -0.3 is 19.3 Å². The van der Waals surface area contributed by atoms with Crippen LogP contribution in [0.1, 0.15) is 17.7 Å². The molecule has 0 fully saturated rings. The molecule has 2 heterocycles. The highest BCUT2D eigenvalue weighted by molar-refractivity contribution is 8.18. The number of hydrogen-bond acceptors (Lipinski definition) is 8. The summed E-state index contributed by atoms with van der Waals surface area (Å²) in [6.45, 7) is 2.91. The number of carbonyl (C=O) groups excluding carboxylic acids is 1. The number of aromatic nitrogens is 2. The van der Waals surface area contributed by atoms with E-state index in [1.54, 1.807) is 24.9 Å². The molecule has 8 nitrogen and oxygen atoms in total. The monoisotopic (exact) mass is 443 g/mol. The van der Waals surface area contributed by atoms with Crippen LogP contribution in [0.25, 0.3) is 6.08 Å². The predicted molar refractivity (Wildman–Crippen MR) is 121 cm³/mol. The van der Waals surface area contributed by atoms with Crippen molar-refractivity contribution in [3.8, 4) is 5.88 Å². The van der Waals surface area contributed by atoms with Crippen molar-refractivity contribution in [1.29, 1.82) is 0 Å². The number of ether oxygens (including phenoxy) is 3. The number of carbonyl (C=O) groups is 1. The Morgan fingerprint density at radius 3 is 2.68 bits per heavy atom. The van der Waals surface area contributed by atoms with Crippen LogP contribution in [0.15, 0.2) is 51.6 Å². The lowest BCUT2D eigenvalue weighted by Crippen LogP contribution is -2.10. The molecule has 3 rings (SSSR count). The summed E-state index contributed by atoms with van der Waals surface area (Å²) in [5.41, 5.74) is 2.16. The van der Waals surface area contributed by atoms with Gasteiger partial charge in [-0.3, -0.25) is 0 Å². The smallest absolute Gasteiger partial charge is 0.344 e. The predicted octanol–water partition coefficient (Wildman–Crippen LogP) is 3.95. The lowest BCUT2D eigenvalue weighted by Gasteiger charge is -2.07. The van der Waals surface area contributed by atoms with Gasteiger partial charge in [-0.1, -0.05) is 30.0 Å². The van der Waals surface area contributed by atoms with Crippen molar-refractivity contribution < 1.29 is 24.1 Å².